The molecule has 5 atom stereocenters. The van der Waals surface area contributed by atoms with E-state index in [0.717, 1.165) is 0 Å². The molecule has 0 radical (unpaired) electrons. The van der Waals surface area contributed by atoms with Crippen LogP contribution in [0.2, 0.25) is 0 Å². The second kappa shape index (κ2) is 15.9. The van der Waals surface area contributed by atoms with Gasteiger partial charge in [-0.3, -0.25) is 24.0 Å². The van der Waals surface area contributed by atoms with Gasteiger partial charge in [0.1, 0.15) is 18.1 Å². The van der Waals surface area contributed by atoms with Gasteiger partial charge in [0.25, 0.3) is 0 Å². The van der Waals surface area contributed by atoms with Gasteiger partial charge in [0.2, 0.25) is 23.6 Å². The van der Waals surface area contributed by atoms with Crippen molar-refractivity contribution in [2.45, 2.75) is 70.1 Å². The van der Waals surface area contributed by atoms with Crippen molar-refractivity contribution in [1.82, 2.24) is 16.0 Å². The summed E-state index contributed by atoms with van der Waals surface area (Å²) in [5.41, 5.74) is 11.0. The molecule has 9 N–H and O–H groups in total. The summed E-state index contributed by atoms with van der Waals surface area (Å²) in [6, 6.07) is -5.19. The molecule has 0 aromatic carbocycles. The Hall–Kier alpha value is -2.87. The second-order valence-electron chi connectivity index (χ2n) is 7.82. The van der Waals surface area contributed by atoms with Gasteiger partial charge in [0.15, 0.2) is 0 Å². The van der Waals surface area contributed by atoms with Crippen LogP contribution in [0.1, 0.15) is 46.0 Å². The number of carboxylic acids is 2. The Morgan fingerprint density at radius 1 is 0.882 bits per heavy atom. The number of carbonyl (C=O) groups excluding carboxylic acids is 4. The van der Waals surface area contributed by atoms with E-state index in [0.29, 0.717) is 12.2 Å². The molecule has 0 rings (SSSR count). The smallest absolute Gasteiger partial charge is 0.326 e. The van der Waals surface area contributed by atoms with E-state index in [2.05, 4.69) is 16.0 Å². The molecule has 0 aliphatic heterocycles. The minimum atomic E-state index is -1.63. The van der Waals surface area contributed by atoms with Crippen molar-refractivity contribution >= 4 is 47.3 Å². The Kier molecular flexibility index (Phi) is 14.5. The molecule has 5 unspecified atom stereocenters. The molecule has 13 nitrogen and oxygen atoms in total. The lowest BCUT2D eigenvalue weighted by molar-refractivity contribution is -0.143. The van der Waals surface area contributed by atoms with Gasteiger partial charge in [0, 0.05) is 6.42 Å². The highest BCUT2D eigenvalue weighted by Crippen LogP contribution is 2.08. The lowest BCUT2D eigenvalue weighted by Gasteiger charge is -2.25. The third-order valence-corrected chi connectivity index (χ3v) is 5.75. The number of rotatable bonds is 17. The Bertz CT molecular complexity index is 750. The predicted molar refractivity (Wildman–Crippen MR) is 125 cm³/mol. The number of nitrogens with two attached hydrogens (primary N) is 2. The van der Waals surface area contributed by atoms with Gasteiger partial charge < -0.3 is 37.6 Å². The summed E-state index contributed by atoms with van der Waals surface area (Å²) in [5, 5.41) is 25.3. The molecule has 0 aliphatic carbocycles. The van der Waals surface area contributed by atoms with Crippen LogP contribution in [0.5, 0.6) is 0 Å². The molecule has 194 valence electrons. The van der Waals surface area contributed by atoms with E-state index in [1.165, 1.54) is 11.8 Å². The van der Waals surface area contributed by atoms with Gasteiger partial charge in [0.05, 0.1) is 12.5 Å². The van der Waals surface area contributed by atoms with Crippen molar-refractivity contribution in [1.29, 1.82) is 0 Å². The lowest BCUT2D eigenvalue weighted by Crippen LogP contribution is -2.58. The monoisotopic (exact) mass is 505 g/mol. The number of carboxylic acid groups (broad SMARTS) is 2. The maximum atomic E-state index is 12.8. The highest BCUT2D eigenvalue weighted by molar-refractivity contribution is 7.98. The zero-order chi connectivity index (χ0) is 26.4. The van der Waals surface area contributed by atoms with Gasteiger partial charge in [-0.25, -0.2) is 4.79 Å². The average molecular weight is 506 g/mol. The van der Waals surface area contributed by atoms with Gasteiger partial charge in [-0.2, -0.15) is 11.8 Å². The van der Waals surface area contributed by atoms with E-state index >= 15 is 0 Å². The SMILES string of the molecule is CCC(C)C(N)C(=O)NC(CCC(N)=O)C(=O)NC(CC(=O)O)C(=O)NC(CCSC)C(=O)O. The molecule has 0 heterocycles. The van der Waals surface area contributed by atoms with Crippen LogP contribution in [0, 0.1) is 5.92 Å². The van der Waals surface area contributed by atoms with E-state index in [1.807, 2.05) is 6.92 Å². The van der Waals surface area contributed by atoms with Gasteiger partial charge in [-0.05, 0) is 30.8 Å². The normalized spacial score (nSPS) is 15.2. The number of carbonyl (C=O) groups is 6. The molecule has 0 fully saturated rings. The number of nitrogens with one attached hydrogen (secondary N) is 3. The number of hydrogen-bond acceptors (Lipinski definition) is 8. The first-order valence-corrected chi connectivity index (χ1v) is 12.1. The number of hydrogen-bond donors (Lipinski definition) is 7. The molecule has 0 saturated heterocycles. The van der Waals surface area contributed by atoms with Crippen molar-refractivity contribution < 1.29 is 39.0 Å². The number of primary amides is 1. The quantitative estimate of drug-likeness (QED) is 0.119. The molecule has 14 heteroatoms. The van der Waals surface area contributed by atoms with Crippen molar-refractivity contribution in [3.63, 3.8) is 0 Å². The summed E-state index contributed by atoms with van der Waals surface area (Å²) >= 11 is 1.36. The van der Waals surface area contributed by atoms with Crippen LogP contribution in [-0.4, -0.2) is 82.0 Å². The number of thioether (sulfide) groups is 1. The first kappa shape index (κ1) is 31.1. The maximum absolute atomic E-state index is 12.8. The highest BCUT2D eigenvalue weighted by atomic mass is 32.2. The van der Waals surface area contributed by atoms with Crippen molar-refractivity contribution in [3.05, 3.63) is 0 Å². The third kappa shape index (κ3) is 11.8. The zero-order valence-electron chi connectivity index (χ0n) is 19.5. The van der Waals surface area contributed by atoms with Crippen molar-refractivity contribution in [3.8, 4) is 0 Å². The van der Waals surface area contributed by atoms with Gasteiger partial charge in [-0.1, -0.05) is 20.3 Å². The van der Waals surface area contributed by atoms with Crippen LogP contribution in [0.4, 0.5) is 0 Å². The minimum absolute atomic E-state index is 0.0841. The van der Waals surface area contributed by atoms with Gasteiger partial charge in [-0.15, -0.1) is 0 Å². The molecule has 0 aromatic rings. The van der Waals surface area contributed by atoms with Crippen LogP contribution < -0.4 is 27.4 Å². The van der Waals surface area contributed by atoms with E-state index in [1.54, 1.807) is 13.2 Å². The van der Waals surface area contributed by atoms with E-state index in [4.69, 9.17) is 16.6 Å². The Balaban J connectivity index is 5.58. The third-order valence-electron chi connectivity index (χ3n) is 5.11. The van der Waals surface area contributed by atoms with E-state index in [-0.39, 0.29) is 25.2 Å². The molecular weight excluding hydrogens is 470 g/mol. The summed E-state index contributed by atoms with van der Waals surface area (Å²) in [7, 11) is 0. The highest BCUT2D eigenvalue weighted by Gasteiger charge is 2.32. The van der Waals surface area contributed by atoms with Crippen LogP contribution >= 0.6 is 11.8 Å². The summed E-state index contributed by atoms with van der Waals surface area (Å²) in [5.74, 6) is -5.88. The zero-order valence-corrected chi connectivity index (χ0v) is 20.4. The van der Waals surface area contributed by atoms with Crippen LogP contribution in [-0.2, 0) is 28.8 Å². The molecule has 34 heavy (non-hydrogen) atoms. The molecule has 0 aromatic heterocycles. The first-order valence-electron chi connectivity index (χ1n) is 10.7. The van der Waals surface area contributed by atoms with Crippen molar-refractivity contribution in [2.75, 3.05) is 12.0 Å². The minimum Gasteiger partial charge on any atom is -0.481 e. The molecule has 0 spiro atoms. The van der Waals surface area contributed by atoms with Crippen molar-refractivity contribution in [2.24, 2.45) is 17.4 Å². The molecule has 0 aliphatic rings. The fourth-order valence-corrected chi connectivity index (χ4v) is 3.23. The summed E-state index contributed by atoms with van der Waals surface area (Å²) < 4.78 is 0. The molecular formula is C20H35N5O8S. The number of amides is 4. The van der Waals surface area contributed by atoms with Crippen LogP contribution in [0.25, 0.3) is 0 Å². The second-order valence-corrected chi connectivity index (χ2v) is 8.80. The largest absolute Gasteiger partial charge is 0.481 e. The Labute approximate surface area is 202 Å². The molecule has 0 saturated carbocycles. The summed E-state index contributed by atoms with van der Waals surface area (Å²) in [6.07, 6.45) is 1.10. The molecule has 0 bridgehead atoms. The predicted octanol–water partition coefficient (Wildman–Crippen LogP) is -1.61. The Morgan fingerprint density at radius 2 is 1.41 bits per heavy atom. The summed E-state index contributed by atoms with van der Waals surface area (Å²) in [4.78, 5) is 71.7. The molecule has 4 amide bonds. The standard InChI is InChI=1S/C20H35N5O8S/c1-4-10(2)16(22)19(31)23-11(5-6-14(21)26)17(29)25-13(9-15(27)28)18(30)24-12(20(32)33)7-8-34-3/h10-13,16H,4-9,22H2,1-3H3,(H2,21,26)(H,23,31)(H,24,30)(H,25,29)(H,27,28)(H,32,33). The maximum Gasteiger partial charge on any atom is 0.326 e. The number of aliphatic carboxylic acids is 2. The Morgan fingerprint density at radius 3 is 1.88 bits per heavy atom. The fourth-order valence-electron chi connectivity index (χ4n) is 2.76. The summed E-state index contributed by atoms with van der Waals surface area (Å²) in [6.45, 7) is 3.57. The topological polar surface area (TPSA) is 231 Å². The van der Waals surface area contributed by atoms with Crippen LogP contribution in [0.15, 0.2) is 0 Å². The average Bonchev–Trinajstić information content (AvgIpc) is 2.76. The first-order chi connectivity index (χ1) is 15.8. The van der Waals surface area contributed by atoms with Crippen LogP contribution in [0.3, 0.4) is 0 Å². The van der Waals surface area contributed by atoms with Gasteiger partial charge >= 0.3 is 11.9 Å². The fraction of sp³-hybridized carbons (Fsp3) is 0.700. The van der Waals surface area contributed by atoms with E-state index < -0.39 is 66.2 Å². The van der Waals surface area contributed by atoms with E-state index in [9.17, 15) is 33.9 Å². The lowest BCUT2D eigenvalue weighted by atomic mass is 9.98.